The summed E-state index contributed by atoms with van der Waals surface area (Å²) in [5.41, 5.74) is 3.46. The molecule has 20 heavy (non-hydrogen) atoms. The first-order valence-electron chi connectivity index (χ1n) is 6.38. The SMILES string of the molecule is COc1cc(O)ccc1N1Cc2cnc(C)c(O)c2C1. The van der Waals surface area contributed by atoms with Gasteiger partial charge in [0.2, 0.25) is 0 Å². The Morgan fingerprint density at radius 1 is 1.25 bits per heavy atom. The molecule has 5 heteroatoms. The second-order valence-electron chi connectivity index (χ2n) is 4.91. The highest BCUT2D eigenvalue weighted by Gasteiger charge is 2.25. The van der Waals surface area contributed by atoms with E-state index in [1.807, 2.05) is 6.07 Å². The number of nitrogens with zero attached hydrogens (tertiary/aromatic N) is 2. The van der Waals surface area contributed by atoms with Gasteiger partial charge in [-0.25, -0.2) is 0 Å². The number of methoxy groups -OCH3 is 1. The van der Waals surface area contributed by atoms with E-state index in [2.05, 4.69) is 9.88 Å². The minimum atomic E-state index is 0.169. The van der Waals surface area contributed by atoms with Crippen LogP contribution in [0.25, 0.3) is 0 Å². The van der Waals surface area contributed by atoms with Crippen LogP contribution in [0.15, 0.2) is 24.4 Å². The molecule has 0 unspecified atom stereocenters. The number of phenols is 1. The van der Waals surface area contributed by atoms with E-state index in [0.29, 0.717) is 24.5 Å². The molecule has 5 nitrogen and oxygen atoms in total. The van der Waals surface area contributed by atoms with Gasteiger partial charge in [0, 0.05) is 30.9 Å². The molecule has 0 saturated heterocycles. The average Bonchev–Trinajstić information content (AvgIpc) is 2.87. The van der Waals surface area contributed by atoms with Gasteiger partial charge in [0.05, 0.1) is 18.5 Å². The van der Waals surface area contributed by atoms with Crippen molar-refractivity contribution >= 4 is 5.69 Å². The van der Waals surface area contributed by atoms with E-state index in [1.54, 1.807) is 32.4 Å². The van der Waals surface area contributed by atoms with E-state index < -0.39 is 0 Å². The first-order valence-corrected chi connectivity index (χ1v) is 6.38. The van der Waals surface area contributed by atoms with Crippen LogP contribution in [-0.4, -0.2) is 22.3 Å². The summed E-state index contributed by atoms with van der Waals surface area (Å²) in [4.78, 5) is 6.27. The molecule has 104 valence electrons. The molecule has 0 aliphatic carbocycles. The lowest BCUT2D eigenvalue weighted by Crippen LogP contribution is -2.15. The van der Waals surface area contributed by atoms with E-state index >= 15 is 0 Å². The zero-order valence-corrected chi connectivity index (χ0v) is 11.4. The maximum atomic E-state index is 10.1. The molecule has 0 amide bonds. The lowest BCUT2D eigenvalue weighted by Gasteiger charge is -2.20. The van der Waals surface area contributed by atoms with Crippen LogP contribution in [0.2, 0.25) is 0 Å². The van der Waals surface area contributed by atoms with Gasteiger partial charge in [0.25, 0.3) is 0 Å². The van der Waals surface area contributed by atoms with Gasteiger partial charge < -0.3 is 19.8 Å². The molecule has 3 rings (SSSR count). The van der Waals surface area contributed by atoms with Gasteiger partial charge in [-0.15, -0.1) is 0 Å². The van der Waals surface area contributed by atoms with Gasteiger partial charge in [-0.3, -0.25) is 4.98 Å². The van der Waals surface area contributed by atoms with Crippen LogP contribution in [0.4, 0.5) is 5.69 Å². The molecule has 0 radical (unpaired) electrons. The van der Waals surface area contributed by atoms with Crippen LogP contribution in [0, 0.1) is 6.92 Å². The Morgan fingerprint density at radius 3 is 2.80 bits per heavy atom. The quantitative estimate of drug-likeness (QED) is 0.878. The van der Waals surface area contributed by atoms with E-state index in [-0.39, 0.29) is 11.5 Å². The Kier molecular flexibility index (Phi) is 2.89. The lowest BCUT2D eigenvalue weighted by atomic mass is 10.1. The minimum Gasteiger partial charge on any atom is -0.508 e. The molecule has 2 aromatic rings. The average molecular weight is 272 g/mol. The molecule has 1 aromatic carbocycles. The number of hydrogen-bond acceptors (Lipinski definition) is 5. The van der Waals surface area contributed by atoms with Crippen LogP contribution < -0.4 is 9.64 Å². The number of pyridine rings is 1. The molecule has 1 aliphatic rings. The van der Waals surface area contributed by atoms with Crippen molar-refractivity contribution in [2.45, 2.75) is 20.0 Å². The number of phenolic OH excluding ortho intramolecular Hbond substituents is 1. The predicted molar refractivity (Wildman–Crippen MR) is 75.2 cm³/mol. The van der Waals surface area contributed by atoms with Crippen molar-refractivity contribution in [2.24, 2.45) is 0 Å². The summed E-state index contributed by atoms with van der Waals surface area (Å²) < 4.78 is 5.31. The number of fused-ring (bicyclic) bond motifs is 1. The fourth-order valence-corrected chi connectivity index (χ4v) is 2.55. The number of aromatic nitrogens is 1. The molecule has 1 aromatic heterocycles. The first kappa shape index (κ1) is 12.6. The van der Waals surface area contributed by atoms with Crippen LogP contribution in [0.1, 0.15) is 16.8 Å². The molecule has 0 atom stereocenters. The van der Waals surface area contributed by atoms with Crippen LogP contribution in [0.3, 0.4) is 0 Å². The fraction of sp³-hybridized carbons (Fsp3) is 0.267. The molecule has 0 spiro atoms. The minimum absolute atomic E-state index is 0.169. The van der Waals surface area contributed by atoms with Crippen LogP contribution >= 0.6 is 0 Å². The zero-order chi connectivity index (χ0) is 14.3. The van der Waals surface area contributed by atoms with Crippen LogP contribution in [0.5, 0.6) is 17.2 Å². The van der Waals surface area contributed by atoms with Gasteiger partial charge in [-0.1, -0.05) is 0 Å². The third kappa shape index (κ3) is 1.91. The van der Waals surface area contributed by atoms with E-state index in [1.165, 1.54) is 0 Å². The second kappa shape index (κ2) is 4.59. The molecular weight excluding hydrogens is 256 g/mol. The normalized spacial score (nSPS) is 13.4. The van der Waals surface area contributed by atoms with Crippen molar-refractivity contribution in [1.29, 1.82) is 0 Å². The number of ether oxygens (including phenoxy) is 1. The van der Waals surface area contributed by atoms with Crippen molar-refractivity contribution in [1.82, 2.24) is 4.98 Å². The Morgan fingerprint density at radius 2 is 2.05 bits per heavy atom. The number of benzene rings is 1. The highest BCUT2D eigenvalue weighted by molar-refractivity contribution is 5.64. The topological polar surface area (TPSA) is 65.8 Å². The third-order valence-corrected chi connectivity index (χ3v) is 3.64. The van der Waals surface area contributed by atoms with Gasteiger partial charge in [0.1, 0.15) is 17.2 Å². The number of aryl methyl sites for hydroxylation is 1. The van der Waals surface area contributed by atoms with E-state index in [9.17, 15) is 10.2 Å². The number of aromatic hydroxyl groups is 2. The van der Waals surface area contributed by atoms with Crippen molar-refractivity contribution in [2.75, 3.05) is 12.0 Å². The summed E-state index contributed by atoms with van der Waals surface area (Å²) in [5, 5.41) is 19.6. The maximum absolute atomic E-state index is 10.1. The maximum Gasteiger partial charge on any atom is 0.145 e. The molecule has 0 fully saturated rings. The third-order valence-electron chi connectivity index (χ3n) is 3.64. The molecule has 0 saturated carbocycles. The summed E-state index contributed by atoms with van der Waals surface area (Å²) in [6.45, 7) is 3.06. The van der Waals surface area contributed by atoms with Gasteiger partial charge in [-0.05, 0) is 24.6 Å². The monoisotopic (exact) mass is 272 g/mol. The fourth-order valence-electron chi connectivity index (χ4n) is 2.55. The molecule has 1 aliphatic heterocycles. The van der Waals surface area contributed by atoms with Crippen molar-refractivity contribution < 1.29 is 14.9 Å². The van der Waals surface area contributed by atoms with Crippen molar-refractivity contribution in [3.63, 3.8) is 0 Å². The summed E-state index contributed by atoms with van der Waals surface area (Å²) in [7, 11) is 1.57. The Labute approximate surface area is 117 Å². The van der Waals surface area contributed by atoms with Crippen molar-refractivity contribution in [3.05, 3.63) is 41.2 Å². The highest BCUT2D eigenvalue weighted by atomic mass is 16.5. The highest BCUT2D eigenvalue weighted by Crippen LogP contribution is 2.39. The van der Waals surface area contributed by atoms with Gasteiger partial charge >= 0.3 is 0 Å². The van der Waals surface area contributed by atoms with E-state index in [4.69, 9.17) is 4.74 Å². The van der Waals surface area contributed by atoms with Crippen molar-refractivity contribution in [3.8, 4) is 17.2 Å². The van der Waals surface area contributed by atoms with Gasteiger partial charge in [0.15, 0.2) is 0 Å². The summed E-state index contributed by atoms with van der Waals surface area (Å²) in [6.07, 6.45) is 1.80. The largest absolute Gasteiger partial charge is 0.508 e. The molecule has 2 heterocycles. The number of anilines is 1. The summed E-state index contributed by atoms with van der Waals surface area (Å²) >= 11 is 0. The molecule has 0 bridgehead atoms. The first-order chi connectivity index (χ1) is 9.60. The number of hydrogen-bond donors (Lipinski definition) is 2. The molecular formula is C15H16N2O3. The smallest absolute Gasteiger partial charge is 0.145 e. The standard InChI is InChI=1S/C15H16N2O3/c1-9-15(19)12-8-17(7-10(12)6-16-9)13-4-3-11(18)5-14(13)20-2/h3-6,18-19H,7-8H2,1-2H3. The predicted octanol–water partition coefficient (Wildman–Crippen LogP) is 2.33. The molecule has 2 N–H and O–H groups in total. The Bertz CT molecular complexity index is 670. The Balaban J connectivity index is 1.98. The lowest BCUT2D eigenvalue weighted by molar-refractivity contribution is 0.407. The Hall–Kier alpha value is -2.43. The number of rotatable bonds is 2. The summed E-state index contributed by atoms with van der Waals surface area (Å²) in [5.74, 6) is 1.05. The zero-order valence-electron chi connectivity index (χ0n) is 11.4. The van der Waals surface area contributed by atoms with Crippen LogP contribution in [-0.2, 0) is 13.1 Å². The van der Waals surface area contributed by atoms with Gasteiger partial charge in [-0.2, -0.15) is 0 Å². The summed E-state index contributed by atoms with van der Waals surface area (Å²) in [6, 6.07) is 5.03. The van der Waals surface area contributed by atoms with E-state index in [0.717, 1.165) is 16.8 Å². The second-order valence-corrected chi connectivity index (χ2v) is 4.91.